The van der Waals surface area contributed by atoms with Crippen LogP contribution in [0, 0.1) is 11.6 Å². The van der Waals surface area contributed by atoms with Gasteiger partial charge in [-0.1, -0.05) is 0 Å². The smallest absolute Gasteiger partial charge is 0.339 e. The van der Waals surface area contributed by atoms with E-state index in [0.717, 1.165) is 12.1 Å². The molecule has 1 heterocycles. The lowest BCUT2D eigenvalue weighted by Gasteiger charge is -2.14. The SMILES string of the molecule is CCOP(=O)(Cc1nc2c(F)ccc(F)c2o1)OCC. The fraction of sp³-hybridized carbons (Fsp3) is 0.417. The second kappa shape index (κ2) is 5.99. The van der Waals surface area contributed by atoms with Gasteiger partial charge in [0.05, 0.1) is 13.2 Å². The van der Waals surface area contributed by atoms with Gasteiger partial charge in [0.25, 0.3) is 0 Å². The molecule has 0 unspecified atom stereocenters. The molecule has 0 atom stereocenters. The summed E-state index contributed by atoms with van der Waals surface area (Å²) in [6.07, 6.45) is -0.276. The molecular formula is C12H14F2NO4P. The lowest BCUT2D eigenvalue weighted by molar-refractivity contribution is 0.217. The Morgan fingerprint density at radius 2 is 1.80 bits per heavy atom. The van der Waals surface area contributed by atoms with Crippen LogP contribution >= 0.6 is 7.60 Å². The average molecular weight is 305 g/mol. The van der Waals surface area contributed by atoms with Crippen molar-refractivity contribution in [2.75, 3.05) is 13.2 Å². The summed E-state index contributed by atoms with van der Waals surface area (Å²) < 4.78 is 54.5. The van der Waals surface area contributed by atoms with Crippen molar-refractivity contribution in [3.63, 3.8) is 0 Å². The summed E-state index contributed by atoms with van der Waals surface area (Å²) >= 11 is 0. The van der Waals surface area contributed by atoms with Crippen molar-refractivity contribution >= 4 is 18.7 Å². The molecular weight excluding hydrogens is 291 g/mol. The van der Waals surface area contributed by atoms with Gasteiger partial charge in [0.15, 0.2) is 17.2 Å². The van der Waals surface area contributed by atoms with E-state index >= 15 is 0 Å². The quantitative estimate of drug-likeness (QED) is 0.758. The molecule has 0 spiro atoms. The van der Waals surface area contributed by atoms with E-state index in [0.29, 0.717) is 0 Å². The van der Waals surface area contributed by atoms with E-state index < -0.39 is 19.2 Å². The Bertz CT molecular complexity index is 609. The van der Waals surface area contributed by atoms with Crippen molar-refractivity contribution in [3.8, 4) is 0 Å². The largest absolute Gasteiger partial charge is 0.437 e. The Morgan fingerprint density at radius 1 is 1.20 bits per heavy atom. The van der Waals surface area contributed by atoms with Crippen molar-refractivity contribution in [3.05, 3.63) is 29.7 Å². The number of aromatic nitrogens is 1. The first-order valence-electron chi connectivity index (χ1n) is 6.10. The highest BCUT2D eigenvalue weighted by atomic mass is 31.2. The van der Waals surface area contributed by atoms with Crippen LogP contribution in [0.15, 0.2) is 16.5 Å². The van der Waals surface area contributed by atoms with Crippen molar-refractivity contribution in [1.29, 1.82) is 0 Å². The summed E-state index contributed by atoms with van der Waals surface area (Å²) in [5, 5.41) is 0. The van der Waals surface area contributed by atoms with E-state index in [2.05, 4.69) is 4.98 Å². The topological polar surface area (TPSA) is 61.6 Å². The predicted molar refractivity (Wildman–Crippen MR) is 68.5 cm³/mol. The van der Waals surface area contributed by atoms with Gasteiger partial charge >= 0.3 is 7.60 Å². The molecule has 5 nitrogen and oxygen atoms in total. The summed E-state index contributed by atoms with van der Waals surface area (Å²) in [7, 11) is -3.43. The average Bonchev–Trinajstić information content (AvgIpc) is 2.79. The molecule has 20 heavy (non-hydrogen) atoms. The molecule has 110 valence electrons. The third-order valence-corrected chi connectivity index (χ3v) is 4.43. The molecule has 0 aliphatic carbocycles. The van der Waals surface area contributed by atoms with E-state index in [-0.39, 0.29) is 36.4 Å². The molecule has 2 aromatic rings. The molecule has 0 amide bonds. The maximum Gasteiger partial charge on any atom is 0.339 e. The third-order valence-electron chi connectivity index (χ3n) is 2.47. The van der Waals surface area contributed by atoms with Crippen molar-refractivity contribution in [1.82, 2.24) is 4.98 Å². The maximum absolute atomic E-state index is 13.5. The van der Waals surface area contributed by atoms with Crippen LogP contribution in [0.4, 0.5) is 8.78 Å². The highest BCUT2D eigenvalue weighted by Gasteiger charge is 2.28. The van der Waals surface area contributed by atoms with Crippen molar-refractivity contribution in [2.45, 2.75) is 20.0 Å². The number of hydrogen-bond donors (Lipinski definition) is 0. The number of rotatable bonds is 6. The minimum Gasteiger partial charge on any atom is -0.437 e. The summed E-state index contributed by atoms with van der Waals surface area (Å²) in [4.78, 5) is 3.81. The highest BCUT2D eigenvalue weighted by Crippen LogP contribution is 2.51. The Morgan fingerprint density at radius 3 is 2.35 bits per heavy atom. The van der Waals surface area contributed by atoms with Crippen LogP contribution in [-0.2, 0) is 19.8 Å². The first-order chi connectivity index (χ1) is 9.49. The molecule has 0 saturated heterocycles. The van der Waals surface area contributed by atoms with Gasteiger partial charge in [0.1, 0.15) is 11.7 Å². The fourth-order valence-corrected chi connectivity index (χ4v) is 3.25. The summed E-state index contributed by atoms with van der Waals surface area (Å²) in [5.41, 5.74) is -0.543. The molecule has 0 N–H and O–H groups in total. The van der Waals surface area contributed by atoms with Crippen LogP contribution in [0.2, 0.25) is 0 Å². The van der Waals surface area contributed by atoms with Gasteiger partial charge < -0.3 is 13.5 Å². The summed E-state index contributed by atoms with van der Waals surface area (Å²) in [5.74, 6) is -1.53. The monoisotopic (exact) mass is 305 g/mol. The molecule has 0 saturated carbocycles. The molecule has 1 aromatic heterocycles. The molecule has 1 aromatic carbocycles. The molecule has 0 aliphatic heterocycles. The molecule has 0 radical (unpaired) electrons. The van der Waals surface area contributed by atoms with Gasteiger partial charge in [0, 0.05) is 0 Å². The van der Waals surface area contributed by atoms with Gasteiger partial charge in [-0.25, -0.2) is 13.8 Å². The molecule has 0 fully saturated rings. The number of hydrogen-bond acceptors (Lipinski definition) is 5. The number of nitrogens with zero attached hydrogens (tertiary/aromatic N) is 1. The highest BCUT2D eigenvalue weighted by molar-refractivity contribution is 7.52. The second-order valence-electron chi connectivity index (χ2n) is 3.92. The number of halogens is 2. The minimum atomic E-state index is -3.43. The zero-order valence-corrected chi connectivity index (χ0v) is 12.0. The van der Waals surface area contributed by atoms with E-state index in [1.54, 1.807) is 13.8 Å². The van der Waals surface area contributed by atoms with Gasteiger partial charge in [-0.15, -0.1) is 0 Å². The zero-order chi connectivity index (χ0) is 14.8. The van der Waals surface area contributed by atoms with E-state index in [1.807, 2.05) is 0 Å². The predicted octanol–water partition coefficient (Wildman–Crippen LogP) is 3.87. The van der Waals surface area contributed by atoms with Crippen molar-refractivity contribution in [2.24, 2.45) is 0 Å². The van der Waals surface area contributed by atoms with Gasteiger partial charge in [-0.2, -0.15) is 0 Å². The first kappa shape index (κ1) is 15.1. The lowest BCUT2D eigenvalue weighted by atomic mass is 10.3. The van der Waals surface area contributed by atoms with E-state index in [1.165, 1.54) is 0 Å². The molecule has 0 bridgehead atoms. The van der Waals surface area contributed by atoms with Gasteiger partial charge in [-0.05, 0) is 26.0 Å². The molecule has 0 aliphatic rings. The second-order valence-corrected chi connectivity index (χ2v) is 5.97. The first-order valence-corrected chi connectivity index (χ1v) is 7.83. The maximum atomic E-state index is 13.5. The Hall–Kier alpha value is -1.30. The Balaban J connectivity index is 2.36. The van der Waals surface area contributed by atoms with Crippen LogP contribution < -0.4 is 0 Å². The standard InChI is InChI=1S/C12H14F2NO4P/c1-3-17-20(16,18-4-2)7-10-15-11-8(13)5-6-9(14)12(11)19-10/h5-6H,3-4,7H2,1-2H3. The normalized spacial score (nSPS) is 12.2. The van der Waals surface area contributed by atoms with Gasteiger partial charge in [0.2, 0.25) is 5.89 Å². The van der Waals surface area contributed by atoms with Crippen LogP contribution in [0.3, 0.4) is 0 Å². The summed E-state index contributed by atoms with van der Waals surface area (Å²) in [6, 6.07) is 1.89. The third kappa shape index (κ3) is 3.06. The van der Waals surface area contributed by atoms with Crippen LogP contribution in [0.5, 0.6) is 0 Å². The lowest BCUT2D eigenvalue weighted by Crippen LogP contribution is -1.99. The molecule has 8 heteroatoms. The Labute approximate surface area is 114 Å². The number of benzene rings is 1. The van der Waals surface area contributed by atoms with Gasteiger partial charge in [-0.3, -0.25) is 4.57 Å². The Kier molecular flexibility index (Phi) is 4.52. The van der Waals surface area contributed by atoms with Crippen LogP contribution in [-0.4, -0.2) is 18.2 Å². The molecule has 2 rings (SSSR count). The number of oxazole rings is 1. The van der Waals surface area contributed by atoms with Crippen LogP contribution in [0.25, 0.3) is 11.1 Å². The summed E-state index contributed by atoms with van der Waals surface area (Å²) in [6.45, 7) is 3.69. The van der Waals surface area contributed by atoms with E-state index in [9.17, 15) is 13.3 Å². The van der Waals surface area contributed by atoms with Crippen LogP contribution in [0.1, 0.15) is 19.7 Å². The van der Waals surface area contributed by atoms with E-state index in [4.69, 9.17) is 13.5 Å². The zero-order valence-electron chi connectivity index (χ0n) is 11.1. The number of fused-ring (bicyclic) bond motifs is 1. The fourth-order valence-electron chi connectivity index (χ4n) is 1.74. The van der Waals surface area contributed by atoms with Crippen molar-refractivity contribution < 1.29 is 26.8 Å². The minimum absolute atomic E-state index is 0.0887.